The van der Waals surface area contributed by atoms with E-state index in [0.717, 1.165) is 4.68 Å². The van der Waals surface area contributed by atoms with Crippen LogP contribution >= 0.6 is 0 Å². The number of aromatic nitrogens is 3. The lowest BCUT2D eigenvalue weighted by molar-refractivity contribution is -0.119. The first-order valence-electron chi connectivity index (χ1n) is 5.92. The minimum atomic E-state index is -1.21. The second-order valence-electron chi connectivity index (χ2n) is 4.19. The van der Waals surface area contributed by atoms with Gasteiger partial charge in [0.1, 0.15) is 12.6 Å². The monoisotopic (exact) mass is 285 g/mol. The lowest BCUT2D eigenvalue weighted by Gasteiger charge is -2.18. The highest BCUT2D eigenvalue weighted by atomic mass is 16.4. The van der Waals surface area contributed by atoms with E-state index in [1.807, 2.05) is 6.07 Å². The van der Waals surface area contributed by atoms with Gasteiger partial charge in [0.15, 0.2) is 5.69 Å². The second kappa shape index (κ2) is 5.83. The number of para-hydroxylation sites is 1. The van der Waals surface area contributed by atoms with Crippen molar-refractivity contribution in [2.45, 2.75) is 6.54 Å². The van der Waals surface area contributed by atoms with Crippen molar-refractivity contribution in [3.8, 4) is 6.07 Å². The number of likely N-dealkylation sites (N-methyl/N-ethyl adjacent to an activating group) is 1. The second-order valence-corrected chi connectivity index (χ2v) is 4.19. The van der Waals surface area contributed by atoms with Crippen LogP contribution in [0.3, 0.4) is 0 Å². The van der Waals surface area contributed by atoms with Gasteiger partial charge in [-0.3, -0.25) is 4.79 Å². The Morgan fingerprint density at radius 1 is 1.43 bits per heavy atom. The van der Waals surface area contributed by atoms with Gasteiger partial charge < -0.3 is 10.0 Å². The van der Waals surface area contributed by atoms with E-state index in [-0.39, 0.29) is 18.1 Å². The molecular formula is C13H11N5O3. The zero-order chi connectivity index (χ0) is 15.4. The van der Waals surface area contributed by atoms with E-state index >= 15 is 0 Å². The number of hydrogen-bond acceptors (Lipinski definition) is 5. The zero-order valence-corrected chi connectivity index (χ0v) is 11.1. The molecule has 0 bridgehead atoms. The standard InChI is InChI=1S/C13H11N5O3/c1-17(11-5-3-2-4-9(11)6-14)12(19)8-18-7-10(13(20)21)15-16-18/h2-5,7H,8H2,1H3,(H,20,21). The molecule has 0 fully saturated rings. The first kappa shape index (κ1) is 14.2. The van der Waals surface area contributed by atoms with Crippen molar-refractivity contribution in [3.05, 3.63) is 41.7 Å². The third-order valence-corrected chi connectivity index (χ3v) is 2.81. The van der Waals surface area contributed by atoms with E-state index in [9.17, 15) is 9.59 Å². The van der Waals surface area contributed by atoms with Crippen LogP contribution in [-0.2, 0) is 11.3 Å². The molecule has 1 aromatic heterocycles. The van der Waals surface area contributed by atoms with Crippen LogP contribution in [-0.4, -0.2) is 39.0 Å². The number of rotatable bonds is 4. The maximum Gasteiger partial charge on any atom is 0.358 e. The summed E-state index contributed by atoms with van der Waals surface area (Å²) >= 11 is 0. The highest BCUT2D eigenvalue weighted by Gasteiger charge is 2.16. The van der Waals surface area contributed by atoms with Crippen LogP contribution in [0.2, 0.25) is 0 Å². The topological polar surface area (TPSA) is 112 Å². The fourth-order valence-electron chi connectivity index (χ4n) is 1.71. The van der Waals surface area contributed by atoms with Crippen molar-refractivity contribution in [1.29, 1.82) is 5.26 Å². The van der Waals surface area contributed by atoms with E-state index in [2.05, 4.69) is 10.3 Å². The van der Waals surface area contributed by atoms with Crippen LogP contribution in [0.5, 0.6) is 0 Å². The van der Waals surface area contributed by atoms with Gasteiger partial charge in [-0.05, 0) is 12.1 Å². The minimum absolute atomic E-state index is 0.170. The summed E-state index contributed by atoms with van der Waals surface area (Å²) in [6.07, 6.45) is 1.17. The van der Waals surface area contributed by atoms with Crippen LogP contribution in [0.25, 0.3) is 0 Å². The largest absolute Gasteiger partial charge is 0.476 e. The molecule has 8 heteroatoms. The minimum Gasteiger partial charge on any atom is -0.476 e. The summed E-state index contributed by atoms with van der Waals surface area (Å²) in [6, 6.07) is 8.69. The summed E-state index contributed by atoms with van der Waals surface area (Å²) in [7, 11) is 1.54. The highest BCUT2D eigenvalue weighted by Crippen LogP contribution is 2.18. The molecule has 0 aliphatic heterocycles. The predicted octanol–water partition coefficient (Wildman–Crippen LogP) is 0.511. The van der Waals surface area contributed by atoms with E-state index < -0.39 is 5.97 Å². The number of nitrogens with zero attached hydrogens (tertiary/aromatic N) is 5. The summed E-state index contributed by atoms with van der Waals surface area (Å²) < 4.78 is 1.14. The number of anilines is 1. The van der Waals surface area contributed by atoms with Crippen LogP contribution in [0, 0.1) is 11.3 Å². The number of carboxylic acid groups (broad SMARTS) is 1. The van der Waals surface area contributed by atoms with Gasteiger partial charge in [-0.2, -0.15) is 5.26 Å². The Hall–Kier alpha value is -3.21. The first-order valence-corrected chi connectivity index (χ1v) is 5.92. The van der Waals surface area contributed by atoms with E-state index in [1.54, 1.807) is 24.3 Å². The number of nitriles is 1. The Balaban J connectivity index is 2.16. The number of aromatic carboxylic acids is 1. The van der Waals surface area contributed by atoms with Gasteiger partial charge in [0.05, 0.1) is 17.4 Å². The van der Waals surface area contributed by atoms with Crippen LogP contribution in [0.1, 0.15) is 16.1 Å². The fourth-order valence-corrected chi connectivity index (χ4v) is 1.71. The Morgan fingerprint density at radius 3 is 2.76 bits per heavy atom. The highest BCUT2D eigenvalue weighted by molar-refractivity contribution is 5.94. The van der Waals surface area contributed by atoms with E-state index in [4.69, 9.17) is 10.4 Å². The molecule has 2 rings (SSSR count). The lowest BCUT2D eigenvalue weighted by atomic mass is 10.2. The summed E-state index contributed by atoms with van der Waals surface area (Å²) in [4.78, 5) is 24.2. The number of carbonyl (C=O) groups is 2. The Kier molecular flexibility index (Phi) is 3.95. The van der Waals surface area contributed by atoms with Crippen molar-refractivity contribution in [2.75, 3.05) is 11.9 Å². The molecule has 2 aromatic rings. The van der Waals surface area contributed by atoms with Gasteiger partial charge in [-0.1, -0.05) is 17.3 Å². The number of carboxylic acids is 1. The van der Waals surface area contributed by atoms with E-state index in [0.29, 0.717) is 11.3 Å². The van der Waals surface area contributed by atoms with Crippen LogP contribution < -0.4 is 4.90 Å². The number of carbonyl (C=O) groups excluding carboxylic acids is 1. The van der Waals surface area contributed by atoms with Crippen molar-refractivity contribution in [3.63, 3.8) is 0 Å². The molecule has 1 heterocycles. The third-order valence-electron chi connectivity index (χ3n) is 2.81. The molecule has 0 saturated carbocycles. The molecular weight excluding hydrogens is 274 g/mol. The summed E-state index contributed by atoms with van der Waals surface area (Å²) in [5.41, 5.74) is 0.615. The fraction of sp³-hybridized carbons (Fsp3) is 0.154. The van der Waals surface area contributed by atoms with Gasteiger partial charge in [0.2, 0.25) is 5.91 Å². The van der Waals surface area contributed by atoms with Gasteiger partial charge in [0, 0.05) is 7.05 Å². The van der Waals surface area contributed by atoms with Crippen LogP contribution in [0.15, 0.2) is 30.5 Å². The number of benzene rings is 1. The predicted molar refractivity (Wildman–Crippen MR) is 71.5 cm³/mol. The molecule has 0 aliphatic rings. The van der Waals surface area contributed by atoms with Crippen molar-refractivity contribution < 1.29 is 14.7 Å². The quantitative estimate of drug-likeness (QED) is 0.875. The maximum atomic E-state index is 12.1. The van der Waals surface area contributed by atoms with Gasteiger partial charge in [0.25, 0.3) is 0 Å². The molecule has 0 radical (unpaired) electrons. The van der Waals surface area contributed by atoms with Crippen molar-refractivity contribution in [2.24, 2.45) is 0 Å². The molecule has 0 spiro atoms. The average molecular weight is 285 g/mol. The Morgan fingerprint density at radius 2 is 2.14 bits per heavy atom. The SMILES string of the molecule is CN(C(=O)Cn1cc(C(=O)O)nn1)c1ccccc1C#N. The van der Waals surface area contributed by atoms with Gasteiger partial charge >= 0.3 is 5.97 Å². The molecule has 21 heavy (non-hydrogen) atoms. The Labute approximate surface area is 119 Å². The van der Waals surface area contributed by atoms with Crippen LogP contribution in [0.4, 0.5) is 5.69 Å². The molecule has 1 N–H and O–H groups in total. The van der Waals surface area contributed by atoms with Crippen molar-refractivity contribution in [1.82, 2.24) is 15.0 Å². The third kappa shape index (κ3) is 3.03. The molecule has 1 aromatic carbocycles. The molecule has 0 aliphatic carbocycles. The van der Waals surface area contributed by atoms with Crippen molar-refractivity contribution >= 4 is 17.6 Å². The number of hydrogen-bond donors (Lipinski definition) is 1. The first-order chi connectivity index (χ1) is 10.0. The van der Waals surface area contributed by atoms with E-state index in [1.165, 1.54) is 18.1 Å². The molecule has 0 unspecified atom stereocenters. The molecule has 106 valence electrons. The Bertz CT molecular complexity index is 731. The zero-order valence-electron chi connectivity index (χ0n) is 11.1. The number of amides is 1. The lowest BCUT2D eigenvalue weighted by Crippen LogP contribution is -2.30. The van der Waals surface area contributed by atoms with Gasteiger partial charge in [-0.15, -0.1) is 5.10 Å². The van der Waals surface area contributed by atoms with Gasteiger partial charge in [-0.25, -0.2) is 9.48 Å². The maximum absolute atomic E-state index is 12.1. The molecule has 8 nitrogen and oxygen atoms in total. The smallest absolute Gasteiger partial charge is 0.358 e. The molecule has 0 atom stereocenters. The average Bonchev–Trinajstić information content (AvgIpc) is 2.95. The molecule has 0 saturated heterocycles. The summed E-state index contributed by atoms with van der Waals surface area (Å²) in [5.74, 6) is -1.56. The molecule has 1 amide bonds. The summed E-state index contributed by atoms with van der Waals surface area (Å²) in [6.45, 7) is -0.170. The summed E-state index contributed by atoms with van der Waals surface area (Å²) in [5, 5.41) is 24.8. The normalized spacial score (nSPS) is 9.90.